The van der Waals surface area contributed by atoms with Crippen molar-refractivity contribution in [3.05, 3.63) is 17.2 Å². The lowest BCUT2D eigenvalue weighted by Gasteiger charge is -2.36. The number of hydrogen-bond acceptors (Lipinski definition) is 7. The van der Waals surface area contributed by atoms with Gasteiger partial charge >= 0.3 is 6.18 Å². The quantitative estimate of drug-likeness (QED) is 0.783. The number of hydrogen-bond donors (Lipinski definition) is 2. The molecule has 2 fully saturated rings. The van der Waals surface area contributed by atoms with E-state index in [1.807, 2.05) is 4.90 Å². The Balaban J connectivity index is 1.98. The number of nitrogens with zero attached hydrogens (tertiary/aromatic N) is 5. The molecule has 0 spiro atoms. The second-order valence-corrected chi connectivity index (χ2v) is 7.56. The van der Waals surface area contributed by atoms with Crippen LogP contribution >= 0.6 is 0 Å². The predicted octanol–water partition coefficient (Wildman–Crippen LogP) is 1.05. The van der Waals surface area contributed by atoms with Crippen LogP contribution in [0, 0.1) is 11.3 Å². The molecule has 0 aliphatic carbocycles. The van der Waals surface area contributed by atoms with Gasteiger partial charge in [0.1, 0.15) is 23.3 Å². The summed E-state index contributed by atoms with van der Waals surface area (Å²) in [5.74, 6) is 0.152. The van der Waals surface area contributed by atoms with Gasteiger partial charge in [0, 0.05) is 45.8 Å². The maximum absolute atomic E-state index is 13.7. The van der Waals surface area contributed by atoms with Gasteiger partial charge in [-0.3, -0.25) is 4.90 Å². The first-order chi connectivity index (χ1) is 13.1. The Bertz CT molecular complexity index is 755. The van der Waals surface area contributed by atoms with Crippen molar-refractivity contribution in [2.45, 2.75) is 25.1 Å². The van der Waals surface area contributed by atoms with Crippen molar-refractivity contribution >= 4 is 11.6 Å². The molecule has 0 bridgehead atoms. The van der Waals surface area contributed by atoms with E-state index < -0.39 is 22.9 Å². The zero-order chi connectivity index (χ0) is 20.5. The van der Waals surface area contributed by atoms with E-state index >= 15 is 0 Å². The van der Waals surface area contributed by atoms with Crippen LogP contribution in [-0.4, -0.2) is 78.1 Å². The highest BCUT2D eigenvalue weighted by atomic mass is 19.4. The van der Waals surface area contributed by atoms with Crippen LogP contribution in [0.2, 0.25) is 0 Å². The molecule has 1 atom stereocenters. The lowest BCUT2D eigenvalue weighted by molar-refractivity contribution is -0.137. The molecule has 2 N–H and O–H groups in total. The van der Waals surface area contributed by atoms with E-state index in [9.17, 15) is 23.5 Å². The molecule has 154 valence electrons. The van der Waals surface area contributed by atoms with Crippen molar-refractivity contribution in [2.24, 2.45) is 0 Å². The zero-order valence-corrected chi connectivity index (χ0v) is 15.7. The lowest BCUT2D eigenvalue weighted by Crippen LogP contribution is -2.47. The van der Waals surface area contributed by atoms with Gasteiger partial charge in [-0.2, -0.15) is 18.4 Å². The Hall–Kier alpha value is -2.09. The summed E-state index contributed by atoms with van der Waals surface area (Å²) in [6.07, 6.45) is -4.29. The van der Waals surface area contributed by atoms with Crippen molar-refractivity contribution in [3.8, 4) is 6.07 Å². The zero-order valence-electron chi connectivity index (χ0n) is 15.7. The molecule has 3 heterocycles. The number of aromatic nitrogens is 1. The molecule has 7 nitrogen and oxygen atoms in total. The standard InChI is InChI=1S/C18H24F3N5O2/c1-17(28)2-3-26(12-17)16-13(11-22)14(18(19,20)21)10-15(23-16)25-6-4-24(5-7-25)8-9-27/h10,27-28H,2-9,12H2,1H3/t17-/m0/s1. The first-order valence-corrected chi connectivity index (χ1v) is 9.22. The third kappa shape index (κ3) is 4.32. The molecule has 1 aromatic rings. The average molecular weight is 399 g/mol. The number of β-amino-alcohol motifs (C(OH)–C–C–N with tert-alkyl or cyclic N) is 2. The molecule has 2 aliphatic heterocycles. The second kappa shape index (κ2) is 7.73. The first-order valence-electron chi connectivity index (χ1n) is 9.22. The van der Waals surface area contributed by atoms with E-state index in [1.54, 1.807) is 22.8 Å². The third-order valence-electron chi connectivity index (χ3n) is 5.27. The number of alkyl halides is 3. The Morgan fingerprint density at radius 1 is 1.21 bits per heavy atom. The molecule has 1 aromatic heterocycles. The van der Waals surface area contributed by atoms with Crippen LogP contribution in [0.15, 0.2) is 6.07 Å². The smallest absolute Gasteiger partial charge is 0.395 e. The van der Waals surface area contributed by atoms with Crippen LogP contribution in [0.25, 0.3) is 0 Å². The fraction of sp³-hybridized carbons (Fsp3) is 0.667. The molecule has 0 saturated carbocycles. The number of piperazine rings is 1. The van der Waals surface area contributed by atoms with Gasteiger partial charge in [0.15, 0.2) is 0 Å². The summed E-state index contributed by atoms with van der Waals surface area (Å²) in [6.45, 7) is 4.81. The minimum absolute atomic E-state index is 0.0251. The molecule has 0 amide bonds. The summed E-state index contributed by atoms with van der Waals surface area (Å²) < 4.78 is 41.0. The van der Waals surface area contributed by atoms with Gasteiger partial charge in [-0.15, -0.1) is 0 Å². The maximum Gasteiger partial charge on any atom is 0.417 e. The third-order valence-corrected chi connectivity index (χ3v) is 5.27. The van der Waals surface area contributed by atoms with Gasteiger partial charge in [0.25, 0.3) is 0 Å². The van der Waals surface area contributed by atoms with E-state index in [1.165, 1.54) is 0 Å². The Morgan fingerprint density at radius 3 is 2.39 bits per heavy atom. The van der Waals surface area contributed by atoms with Crippen LogP contribution in [0.3, 0.4) is 0 Å². The Morgan fingerprint density at radius 2 is 1.89 bits per heavy atom. The monoisotopic (exact) mass is 399 g/mol. The van der Waals surface area contributed by atoms with Gasteiger partial charge in [0.2, 0.25) is 0 Å². The van der Waals surface area contributed by atoms with Crippen molar-refractivity contribution in [1.29, 1.82) is 5.26 Å². The van der Waals surface area contributed by atoms with Crippen molar-refractivity contribution < 1.29 is 23.4 Å². The van der Waals surface area contributed by atoms with Gasteiger partial charge < -0.3 is 20.0 Å². The minimum Gasteiger partial charge on any atom is -0.395 e. The molecule has 0 aromatic carbocycles. The molecular weight excluding hydrogens is 375 g/mol. The summed E-state index contributed by atoms with van der Waals surface area (Å²) in [6, 6.07) is 2.61. The van der Waals surface area contributed by atoms with Crippen LogP contribution < -0.4 is 9.80 Å². The molecule has 2 aliphatic rings. The van der Waals surface area contributed by atoms with Crippen molar-refractivity contribution in [1.82, 2.24) is 9.88 Å². The number of aliphatic hydroxyl groups is 2. The topological polar surface area (TPSA) is 86.9 Å². The fourth-order valence-corrected chi connectivity index (χ4v) is 3.71. The predicted molar refractivity (Wildman–Crippen MR) is 97.1 cm³/mol. The summed E-state index contributed by atoms with van der Waals surface area (Å²) in [4.78, 5) is 9.76. The molecule has 0 unspecified atom stereocenters. The normalized spacial score (nSPS) is 23.9. The van der Waals surface area contributed by atoms with E-state index in [0.717, 1.165) is 6.07 Å². The number of pyridine rings is 1. The second-order valence-electron chi connectivity index (χ2n) is 7.56. The molecular formula is C18H24F3N5O2. The van der Waals surface area contributed by atoms with E-state index in [-0.39, 0.29) is 24.8 Å². The molecule has 0 radical (unpaired) electrons. The van der Waals surface area contributed by atoms with E-state index in [2.05, 4.69) is 4.98 Å². The Kier molecular flexibility index (Phi) is 5.70. The summed E-state index contributed by atoms with van der Waals surface area (Å²) in [5, 5.41) is 28.7. The minimum atomic E-state index is -4.68. The number of rotatable bonds is 4. The average Bonchev–Trinajstić information content (AvgIpc) is 3.00. The number of halogens is 3. The van der Waals surface area contributed by atoms with Crippen LogP contribution in [0.1, 0.15) is 24.5 Å². The van der Waals surface area contributed by atoms with Gasteiger partial charge in [-0.25, -0.2) is 4.98 Å². The number of anilines is 2. The molecule has 2 saturated heterocycles. The largest absolute Gasteiger partial charge is 0.417 e. The van der Waals surface area contributed by atoms with Crippen molar-refractivity contribution in [2.75, 3.05) is 62.2 Å². The fourth-order valence-electron chi connectivity index (χ4n) is 3.71. The lowest BCUT2D eigenvalue weighted by atomic mass is 10.1. The van der Waals surface area contributed by atoms with E-state index in [0.29, 0.717) is 45.7 Å². The van der Waals surface area contributed by atoms with E-state index in [4.69, 9.17) is 5.11 Å². The molecule has 28 heavy (non-hydrogen) atoms. The van der Waals surface area contributed by atoms with Crippen LogP contribution in [0.5, 0.6) is 0 Å². The summed E-state index contributed by atoms with van der Waals surface area (Å²) in [7, 11) is 0. The summed E-state index contributed by atoms with van der Waals surface area (Å²) >= 11 is 0. The molecule has 3 rings (SSSR count). The van der Waals surface area contributed by atoms with Crippen LogP contribution in [0.4, 0.5) is 24.8 Å². The van der Waals surface area contributed by atoms with Gasteiger partial charge in [0.05, 0.1) is 17.8 Å². The highest BCUT2D eigenvalue weighted by Crippen LogP contribution is 2.39. The first kappa shape index (κ1) is 20.6. The Labute approximate surface area is 161 Å². The van der Waals surface area contributed by atoms with Crippen LogP contribution in [-0.2, 0) is 6.18 Å². The number of aliphatic hydroxyl groups excluding tert-OH is 1. The van der Waals surface area contributed by atoms with Gasteiger partial charge in [-0.05, 0) is 19.4 Å². The highest BCUT2D eigenvalue weighted by molar-refractivity contribution is 5.64. The number of nitriles is 1. The van der Waals surface area contributed by atoms with Gasteiger partial charge in [-0.1, -0.05) is 0 Å². The highest BCUT2D eigenvalue weighted by Gasteiger charge is 2.40. The SMILES string of the molecule is C[C@]1(O)CCN(c2nc(N3CCN(CCO)CC3)cc(C(F)(F)F)c2C#N)C1. The van der Waals surface area contributed by atoms with Crippen molar-refractivity contribution in [3.63, 3.8) is 0 Å². The summed E-state index contributed by atoms with van der Waals surface area (Å²) in [5.41, 5.74) is -2.54. The maximum atomic E-state index is 13.7. The molecule has 10 heteroatoms.